The van der Waals surface area contributed by atoms with Gasteiger partial charge in [0.15, 0.2) is 0 Å². The molecule has 31 heavy (non-hydrogen) atoms. The van der Waals surface area contributed by atoms with E-state index in [1.165, 1.54) is 22.2 Å². The van der Waals surface area contributed by atoms with Gasteiger partial charge < -0.3 is 14.2 Å². The van der Waals surface area contributed by atoms with Crippen LogP contribution in [-0.2, 0) is 26.6 Å². The summed E-state index contributed by atoms with van der Waals surface area (Å²) in [6.07, 6.45) is 2.86. The van der Waals surface area contributed by atoms with E-state index in [1.807, 2.05) is 42.5 Å². The maximum absolute atomic E-state index is 12.8. The first-order valence-electron chi connectivity index (χ1n) is 10.3. The van der Waals surface area contributed by atoms with Crippen LogP contribution in [0.25, 0.3) is 16.6 Å². The Morgan fingerprint density at radius 3 is 2.58 bits per heavy atom. The van der Waals surface area contributed by atoms with Crippen LogP contribution in [0.15, 0.2) is 71.7 Å². The lowest BCUT2D eigenvalue weighted by Gasteiger charge is -2.23. The molecule has 0 radical (unpaired) electrons. The average Bonchev–Trinajstić information content (AvgIpc) is 3.04. The van der Waals surface area contributed by atoms with Gasteiger partial charge in [0.1, 0.15) is 12.4 Å². The van der Waals surface area contributed by atoms with E-state index in [2.05, 4.69) is 35.7 Å². The molecule has 0 saturated heterocycles. The molecule has 0 N–H and O–H groups in total. The van der Waals surface area contributed by atoms with Crippen molar-refractivity contribution < 1.29 is 4.74 Å². The van der Waals surface area contributed by atoms with Gasteiger partial charge in [-0.25, -0.2) is 0 Å². The van der Waals surface area contributed by atoms with E-state index in [1.54, 1.807) is 16.8 Å². The highest BCUT2D eigenvalue weighted by Crippen LogP contribution is 2.31. The molecule has 0 fully saturated rings. The molecular weight excluding hydrogens is 410 g/mol. The zero-order chi connectivity index (χ0) is 20.7. The highest BCUT2D eigenvalue weighted by molar-refractivity contribution is 5.87. The van der Waals surface area contributed by atoms with Crippen LogP contribution in [0.1, 0.15) is 16.8 Å². The molecule has 0 spiro atoms. The maximum atomic E-state index is 12.8. The number of aromatic nitrogens is 2. The summed E-state index contributed by atoms with van der Waals surface area (Å²) in [4.78, 5) is 15.1. The third kappa shape index (κ3) is 3.99. The standard InChI is InChI=1S/C25H25N3O2.ClH/c1-26-12-11-22-21-9-8-19(14-23(21)27(2)24(22)16-26)28-13-10-20(15-25(28)29)30-17-18-6-4-3-5-7-18;/h3-10,13-15H,11-12,16-17H2,1-2H3;1H. The lowest BCUT2D eigenvalue weighted by Crippen LogP contribution is -2.27. The Morgan fingerprint density at radius 2 is 1.81 bits per heavy atom. The number of aryl methyl sites for hydroxylation is 1. The number of likely N-dealkylation sites (N-methyl/N-ethyl adjacent to an activating group) is 1. The number of ether oxygens (including phenoxy) is 1. The molecule has 4 aromatic rings. The zero-order valence-corrected chi connectivity index (χ0v) is 18.6. The minimum absolute atomic E-state index is 0. The number of benzene rings is 2. The zero-order valence-electron chi connectivity index (χ0n) is 17.7. The molecule has 5 nitrogen and oxygen atoms in total. The molecule has 0 atom stereocenters. The predicted octanol–water partition coefficient (Wildman–Crippen LogP) is 4.32. The Balaban J connectivity index is 0.00000231. The number of rotatable bonds is 4. The molecule has 3 heterocycles. The second-order valence-electron chi connectivity index (χ2n) is 8.02. The molecular formula is C25H26ClN3O2. The van der Waals surface area contributed by atoms with Crippen molar-refractivity contribution in [2.24, 2.45) is 7.05 Å². The highest BCUT2D eigenvalue weighted by Gasteiger charge is 2.21. The van der Waals surface area contributed by atoms with Crippen molar-refractivity contribution in [3.63, 3.8) is 0 Å². The summed E-state index contributed by atoms with van der Waals surface area (Å²) >= 11 is 0. The lowest BCUT2D eigenvalue weighted by molar-refractivity contribution is 0.305. The summed E-state index contributed by atoms with van der Waals surface area (Å²) in [7, 11) is 4.28. The summed E-state index contributed by atoms with van der Waals surface area (Å²) in [6, 6.07) is 19.6. The van der Waals surface area contributed by atoms with Gasteiger partial charge in [-0.15, -0.1) is 12.4 Å². The van der Waals surface area contributed by atoms with Crippen LogP contribution in [0.5, 0.6) is 5.75 Å². The van der Waals surface area contributed by atoms with Crippen molar-refractivity contribution in [2.45, 2.75) is 19.6 Å². The van der Waals surface area contributed by atoms with Crippen LogP contribution in [-0.4, -0.2) is 27.6 Å². The summed E-state index contributed by atoms with van der Waals surface area (Å²) in [5.41, 5.74) is 5.82. The largest absolute Gasteiger partial charge is 0.489 e. The van der Waals surface area contributed by atoms with Gasteiger partial charge in [-0.3, -0.25) is 9.36 Å². The number of fused-ring (bicyclic) bond motifs is 3. The average molecular weight is 436 g/mol. The lowest BCUT2D eigenvalue weighted by atomic mass is 10.0. The molecule has 2 aromatic carbocycles. The SMILES string of the molecule is CN1CCc2c(n(C)c3cc(-n4ccc(OCc5ccccc5)cc4=O)ccc23)C1.Cl. The minimum Gasteiger partial charge on any atom is -0.489 e. The van der Waals surface area contributed by atoms with Gasteiger partial charge in [-0.2, -0.15) is 0 Å². The molecule has 5 rings (SSSR count). The number of hydrogen-bond acceptors (Lipinski definition) is 3. The van der Waals surface area contributed by atoms with E-state index in [0.29, 0.717) is 12.4 Å². The van der Waals surface area contributed by atoms with E-state index >= 15 is 0 Å². The normalized spacial score (nSPS) is 13.6. The van der Waals surface area contributed by atoms with Crippen LogP contribution in [0, 0.1) is 0 Å². The third-order valence-corrected chi connectivity index (χ3v) is 6.00. The third-order valence-electron chi connectivity index (χ3n) is 6.00. The summed E-state index contributed by atoms with van der Waals surface area (Å²) in [6.45, 7) is 2.49. The minimum atomic E-state index is -0.0985. The van der Waals surface area contributed by atoms with E-state index in [-0.39, 0.29) is 18.0 Å². The van der Waals surface area contributed by atoms with Crippen LogP contribution in [0.3, 0.4) is 0 Å². The second-order valence-corrected chi connectivity index (χ2v) is 8.02. The molecule has 2 aromatic heterocycles. The van der Waals surface area contributed by atoms with Gasteiger partial charge in [0.2, 0.25) is 0 Å². The molecule has 0 aliphatic carbocycles. The fraction of sp³-hybridized carbons (Fsp3) is 0.240. The summed E-state index contributed by atoms with van der Waals surface area (Å²) in [5, 5.41) is 1.29. The van der Waals surface area contributed by atoms with E-state index in [4.69, 9.17) is 4.74 Å². The number of pyridine rings is 1. The molecule has 0 saturated carbocycles. The van der Waals surface area contributed by atoms with Crippen molar-refractivity contribution in [2.75, 3.05) is 13.6 Å². The first-order chi connectivity index (χ1) is 14.6. The van der Waals surface area contributed by atoms with Crippen LogP contribution in [0.2, 0.25) is 0 Å². The van der Waals surface area contributed by atoms with Gasteiger partial charge in [-0.05, 0) is 42.8 Å². The number of hydrogen-bond donors (Lipinski definition) is 0. The maximum Gasteiger partial charge on any atom is 0.258 e. The number of nitrogens with zero attached hydrogens (tertiary/aromatic N) is 3. The smallest absolute Gasteiger partial charge is 0.258 e. The summed E-state index contributed by atoms with van der Waals surface area (Å²) < 4.78 is 9.74. The first-order valence-corrected chi connectivity index (χ1v) is 10.3. The van der Waals surface area contributed by atoms with Crippen molar-refractivity contribution in [1.29, 1.82) is 0 Å². The van der Waals surface area contributed by atoms with Crippen LogP contribution in [0.4, 0.5) is 0 Å². The van der Waals surface area contributed by atoms with Crippen molar-refractivity contribution in [3.8, 4) is 11.4 Å². The first kappa shape index (κ1) is 21.2. The van der Waals surface area contributed by atoms with E-state index < -0.39 is 0 Å². The van der Waals surface area contributed by atoms with Crippen molar-refractivity contribution in [3.05, 3.63) is 94.0 Å². The predicted molar refractivity (Wildman–Crippen MR) is 127 cm³/mol. The van der Waals surface area contributed by atoms with Crippen LogP contribution >= 0.6 is 12.4 Å². The molecule has 160 valence electrons. The highest BCUT2D eigenvalue weighted by atomic mass is 35.5. The van der Waals surface area contributed by atoms with Gasteiger partial charge in [0.25, 0.3) is 5.56 Å². The molecule has 0 bridgehead atoms. The number of halogens is 1. The van der Waals surface area contributed by atoms with Crippen LogP contribution < -0.4 is 10.3 Å². The molecule has 6 heteroatoms. The van der Waals surface area contributed by atoms with Gasteiger partial charge in [0, 0.05) is 43.5 Å². The Hall–Kier alpha value is -3.02. The van der Waals surface area contributed by atoms with Crippen molar-refractivity contribution >= 4 is 23.3 Å². The molecule has 0 unspecified atom stereocenters. The van der Waals surface area contributed by atoms with Gasteiger partial charge in [-0.1, -0.05) is 36.4 Å². The fourth-order valence-electron chi connectivity index (χ4n) is 4.33. The molecule has 0 amide bonds. The Labute approximate surface area is 187 Å². The second kappa shape index (κ2) is 8.61. The quantitative estimate of drug-likeness (QED) is 0.479. The monoisotopic (exact) mass is 435 g/mol. The summed E-state index contributed by atoms with van der Waals surface area (Å²) in [5.74, 6) is 0.582. The van der Waals surface area contributed by atoms with E-state index in [9.17, 15) is 4.79 Å². The van der Waals surface area contributed by atoms with Gasteiger partial charge in [0.05, 0.1) is 11.2 Å². The Bertz CT molecular complexity index is 1280. The fourth-order valence-corrected chi connectivity index (χ4v) is 4.33. The molecule has 1 aliphatic rings. The Morgan fingerprint density at radius 1 is 1.00 bits per heavy atom. The van der Waals surface area contributed by atoms with Gasteiger partial charge >= 0.3 is 0 Å². The Kier molecular flexibility index (Phi) is 5.90. The van der Waals surface area contributed by atoms with Crippen molar-refractivity contribution in [1.82, 2.24) is 14.0 Å². The topological polar surface area (TPSA) is 39.4 Å². The molecule has 1 aliphatic heterocycles. The van der Waals surface area contributed by atoms with E-state index in [0.717, 1.165) is 30.8 Å².